The zero-order valence-corrected chi connectivity index (χ0v) is 15.7. The molecule has 1 amide bonds. The zero-order chi connectivity index (χ0) is 17.6. The van der Waals surface area contributed by atoms with Crippen molar-refractivity contribution in [1.82, 2.24) is 0 Å². The molecular formula is C21H20BrNO2. The summed E-state index contributed by atoms with van der Waals surface area (Å²) in [5.74, 6) is 0.429. The smallest absolute Gasteiger partial charge is 0.259 e. The number of hydrogen-bond donors (Lipinski definition) is 1. The third kappa shape index (κ3) is 4.20. The summed E-state index contributed by atoms with van der Waals surface area (Å²) in [6.45, 7) is 2.71. The van der Waals surface area contributed by atoms with E-state index in [9.17, 15) is 4.79 Å². The van der Waals surface area contributed by atoms with Crippen molar-refractivity contribution in [2.75, 3.05) is 11.9 Å². The Morgan fingerprint density at radius 3 is 2.72 bits per heavy atom. The number of unbranched alkanes of at least 4 members (excludes halogenated alkanes) is 1. The number of anilines is 1. The monoisotopic (exact) mass is 397 g/mol. The fourth-order valence-electron chi connectivity index (χ4n) is 2.66. The van der Waals surface area contributed by atoms with Crippen molar-refractivity contribution >= 4 is 38.3 Å². The Morgan fingerprint density at radius 1 is 1.08 bits per heavy atom. The van der Waals surface area contributed by atoms with Crippen LogP contribution >= 0.6 is 15.9 Å². The molecule has 3 rings (SSSR count). The number of hydrogen-bond acceptors (Lipinski definition) is 2. The van der Waals surface area contributed by atoms with Crippen molar-refractivity contribution in [1.29, 1.82) is 0 Å². The van der Waals surface area contributed by atoms with E-state index in [4.69, 9.17) is 4.74 Å². The van der Waals surface area contributed by atoms with E-state index in [2.05, 4.69) is 28.2 Å². The molecule has 1 N–H and O–H groups in total. The van der Waals surface area contributed by atoms with Gasteiger partial charge in [-0.15, -0.1) is 0 Å². The number of carbonyl (C=O) groups excluding carboxylic acids is 1. The molecule has 0 aliphatic carbocycles. The van der Waals surface area contributed by atoms with Crippen LogP contribution in [0.15, 0.2) is 65.1 Å². The highest BCUT2D eigenvalue weighted by atomic mass is 79.9. The largest absolute Gasteiger partial charge is 0.493 e. The third-order valence-corrected chi connectivity index (χ3v) is 4.47. The normalized spacial score (nSPS) is 10.6. The average molecular weight is 398 g/mol. The molecule has 0 aliphatic heterocycles. The molecule has 0 aromatic heterocycles. The Labute approximate surface area is 156 Å². The van der Waals surface area contributed by atoms with Crippen molar-refractivity contribution in [3.8, 4) is 5.75 Å². The fourth-order valence-corrected chi connectivity index (χ4v) is 3.02. The molecule has 3 nitrogen and oxygen atoms in total. The molecule has 0 saturated carbocycles. The lowest BCUT2D eigenvalue weighted by molar-refractivity contribution is 0.102. The molecule has 0 atom stereocenters. The molecule has 0 spiro atoms. The summed E-state index contributed by atoms with van der Waals surface area (Å²) >= 11 is 3.44. The lowest BCUT2D eigenvalue weighted by Crippen LogP contribution is -2.14. The highest BCUT2D eigenvalue weighted by Gasteiger charge is 2.14. The van der Waals surface area contributed by atoms with Crippen LogP contribution in [-0.2, 0) is 0 Å². The molecule has 25 heavy (non-hydrogen) atoms. The summed E-state index contributed by atoms with van der Waals surface area (Å²) in [7, 11) is 0. The third-order valence-electron chi connectivity index (χ3n) is 3.98. The second kappa shape index (κ2) is 8.17. The molecule has 3 aromatic carbocycles. The van der Waals surface area contributed by atoms with E-state index in [1.54, 1.807) is 6.07 Å². The quantitative estimate of drug-likeness (QED) is 0.515. The highest BCUT2D eigenvalue weighted by molar-refractivity contribution is 9.10. The minimum absolute atomic E-state index is 0.177. The molecule has 0 radical (unpaired) electrons. The molecule has 0 fully saturated rings. The van der Waals surface area contributed by atoms with Crippen molar-refractivity contribution in [2.45, 2.75) is 19.8 Å². The van der Waals surface area contributed by atoms with Crippen LogP contribution in [0.4, 0.5) is 5.69 Å². The van der Waals surface area contributed by atoms with Gasteiger partial charge in [0.2, 0.25) is 0 Å². The van der Waals surface area contributed by atoms with Crippen LogP contribution in [-0.4, -0.2) is 12.5 Å². The van der Waals surface area contributed by atoms with Crippen LogP contribution in [0.3, 0.4) is 0 Å². The Kier molecular flexibility index (Phi) is 5.71. The van der Waals surface area contributed by atoms with Gasteiger partial charge in [0.25, 0.3) is 5.91 Å². The number of ether oxygens (including phenoxy) is 1. The van der Waals surface area contributed by atoms with Crippen molar-refractivity contribution in [2.24, 2.45) is 0 Å². The average Bonchev–Trinajstić information content (AvgIpc) is 2.63. The first kappa shape index (κ1) is 17.5. The fraction of sp³-hybridized carbons (Fsp3) is 0.190. The van der Waals surface area contributed by atoms with Crippen LogP contribution in [0, 0.1) is 0 Å². The van der Waals surface area contributed by atoms with E-state index in [1.807, 2.05) is 54.6 Å². The molecular weight excluding hydrogens is 378 g/mol. The van der Waals surface area contributed by atoms with Crippen LogP contribution in [0.5, 0.6) is 5.75 Å². The van der Waals surface area contributed by atoms with Crippen molar-refractivity contribution < 1.29 is 9.53 Å². The summed E-state index contributed by atoms with van der Waals surface area (Å²) in [4.78, 5) is 12.9. The van der Waals surface area contributed by atoms with E-state index >= 15 is 0 Å². The standard InChI is InChI=1S/C21H20BrNO2/c1-2-3-13-25-20-12-11-16(22)14-18(20)21(24)23-19-10-6-8-15-7-4-5-9-17(15)19/h4-12,14H,2-3,13H2,1H3,(H,23,24). The molecule has 0 bridgehead atoms. The lowest BCUT2D eigenvalue weighted by atomic mass is 10.1. The minimum Gasteiger partial charge on any atom is -0.493 e. The first-order valence-corrected chi connectivity index (χ1v) is 9.20. The maximum Gasteiger partial charge on any atom is 0.259 e. The topological polar surface area (TPSA) is 38.3 Å². The van der Waals surface area contributed by atoms with Crippen LogP contribution in [0.1, 0.15) is 30.1 Å². The number of rotatable bonds is 6. The van der Waals surface area contributed by atoms with E-state index < -0.39 is 0 Å². The SMILES string of the molecule is CCCCOc1ccc(Br)cc1C(=O)Nc1cccc2ccccc12. The van der Waals surface area contributed by atoms with Gasteiger partial charge in [0, 0.05) is 15.5 Å². The van der Waals surface area contributed by atoms with Crippen LogP contribution < -0.4 is 10.1 Å². The molecule has 4 heteroatoms. The van der Waals surface area contributed by atoms with E-state index in [1.165, 1.54) is 0 Å². The Bertz CT molecular complexity index is 887. The summed E-state index contributed by atoms with van der Waals surface area (Å²) in [5.41, 5.74) is 1.32. The predicted molar refractivity (Wildman–Crippen MR) is 106 cm³/mol. The zero-order valence-electron chi connectivity index (χ0n) is 14.1. The van der Waals surface area contributed by atoms with Crippen LogP contribution in [0.2, 0.25) is 0 Å². The van der Waals surface area contributed by atoms with Crippen molar-refractivity contribution in [3.05, 3.63) is 70.7 Å². The van der Waals surface area contributed by atoms with E-state index in [0.717, 1.165) is 33.8 Å². The Hall–Kier alpha value is -2.33. The maximum atomic E-state index is 12.9. The summed E-state index contributed by atoms with van der Waals surface area (Å²) in [6, 6.07) is 19.4. The molecule has 0 saturated heterocycles. The summed E-state index contributed by atoms with van der Waals surface area (Å²) in [6.07, 6.45) is 2.01. The second-order valence-electron chi connectivity index (χ2n) is 5.82. The predicted octanol–water partition coefficient (Wildman–Crippen LogP) is 6.03. The van der Waals surface area contributed by atoms with Gasteiger partial charge < -0.3 is 10.1 Å². The van der Waals surface area contributed by atoms with Crippen LogP contribution in [0.25, 0.3) is 10.8 Å². The second-order valence-corrected chi connectivity index (χ2v) is 6.74. The van der Waals surface area contributed by atoms with Gasteiger partial charge in [0.1, 0.15) is 5.75 Å². The number of nitrogens with one attached hydrogen (secondary N) is 1. The number of amides is 1. The number of benzene rings is 3. The molecule has 0 heterocycles. The molecule has 0 aliphatic rings. The maximum absolute atomic E-state index is 12.9. The molecule has 128 valence electrons. The minimum atomic E-state index is -0.177. The van der Waals surface area contributed by atoms with Gasteiger partial charge in [-0.1, -0.05) is 65.7 Å². The van der Waals surface area contributed by atoms with E-state index in [-0.39, 0.29) is 5.91 Å². The first-order chi connectivity index (χ1) is 12.2. The Morgan fingerprint density at radius 2 is 1.88 bits per heavy atom. The summed E-state index contributed by atoms with van der Waals surface area (Å²) < 4.78 is 6.64. The molecule has 3 aromatic rings. The van der Waals surface area contributed by atoms with Gasteiger partial charge in [-0.3, -0.25) is 4.79 Å². The van der Waals surface area contributed by atoms with Gasteiger partial charge in [-0.25, -0.2) is 0 Å². The number of fused-ring (bicyclic) bond motifs is 1. The van der Waals surface area contributed by atoms with E-state index in [0.29, 0.717) is 17.9 Å². The van der Waals surface area contributed by atoms with Gasteiger partial charge in [-0.05, 0) is 36.1 Å². The van der Waals surface area contributed by atoms with Gasteiger partial charge in [0.05, 0.1) is 12.2 Å². The van der Waals surface area contributed by atoms with Gasteiger partial charge >= 0.3 is 0 Å². The van der Waals surface area contributed by atoms with Crippen molar-refractivity contribution in [3.63, 3.8) is 0 Å². The summed E-state index contributed by atoms with van der Waals surface area (Å²) in [5, 5.41) is 5.13. The lowest BCUT2D eigenvalue weighted by Gasteiger charge is -2.13. The number of carbonyl (C=O) groups is 1. The molecule has 0 unspecified atom stereocenters. The van der Waals surface area contributed by atoms with Gasteiger partial charge in [0.15, 0.2) is 0 Å². The first-order valence-electron chi connectivity index (χ1n) is 8.40. The van der Waals surface area contributed by atoms with Gasteiger partial charge in [-0.2, -0.15) is 0 Å². The Balaban J connectivity index is 1.88. The number of halogens is 1. The highest BCUT2D eigenvalue weighted by Crippen LogP contribution is 2.27.